The number of nitrogens with one attached hydrogen (secondary N) is 1. The highest BCUT2D eigenvalue weighted by atomic mass is 19.3. The van der Waals surface area contributed by atoms with Gasteiger partial charge in [-0.15, -0.1) is 10.2 Å². The lowest BCUT2D eigenvalue weighted by Gasteiger charge is -2.19. The van der Waals surface area contributed by atoms with Gasteiger partial charge in [-0.3, -0.25) is 9.29 Å². The zero-order valence-electron chi connectivity index (χ0n) is 18.2. The van der Waals surface area contributed by atoms with Crippen molar-refractivity contribution in [2.75, 3.05) is 39.2 Å². The largest absolute Gasteiger partial charge is 0.479 e. The van der Waals surface area contributed by atoms with Crippen LogP contribution in [0.1, 0.15) is 6.42 Å². The number of likely N-dealkylation sites (N-methyl/N-ethyl adjacent to an activating group) is 1. The fraction of sp³-hybridized carbons (Fsp3) is 0.429. The van der Waals surface area contributed by atoms with Crippen LogP contribution in [0.15, 0.2) is 30.5 Å². The molecular formula is C21H23F3N8O. The van der Waals surface area contributed by atoms with Crippen LogP contribution in [-0.2, 0) is 6.54 Å². The van der Waals surface area contributed by atoms with Gasteiger partial charge in [0.15, 0.2) is 0 Å². The minimum Gasteiger partial charge on any atom is -0.479 e. The van der Waals surface area contributed by atoms with Crippen LogP contribution in [0.3, 0.4) is 0 Å². The van der Waals surface area contributed by atoms with Gasteiger partial charge in [-0.05, 0) is 37.2 Å². The van der Waals surface area contributed by atoms with Gasteiger partial charge in [-0.1, -0.05) is 11.3 Å². The summed E-state index contributed by atoms with van der Waals surface area (Å²) < 4.78 is 49.8. The van der Waals surface area contributed by atoms with Crippen LogP contribution in [-0.4, -0.2) is 80.4 Å². The third-order valence-electron chi connectivity index (χ3n) is 5.79. The average molecular weight is 460 g/mol. The van der Waals surface area contributed by atoms with Crippen LogP contribution < -0.4 is 10.1 Å². The molecule has 1 fully saturated rings. The van der Waals surface area contributed by atoms with Crippen molar-refractivity contribution >= 4 is 22.5 Å². The Hall–Kier alpha value is -3.41. The monoisotopic (exact) mass is 460 g/mol. The Morgan fingerprint density at radius 1 is 1.27 bits per heavy atom. The number of likely N-dealkylation sites (tertiary alicyclic amines) is 1. The van der Waals surface area contributed by atoms with E-state index >= 15 is 0 Å². The number of methoxy groups -OCH3 is 1. The van der Waals surface area contributed by atoms with Crippen molar-refractivity contribution in [2.24, 2.45) is 0 Å². The number of hydrogen-bond donors (Lipinski definition) is 1. The first-order valence-electron chi connectivity index (χ1n) is 10.6. The smallest absolute Gasteiger partial charge is 0.281 e. The average Bonchev–Trinajstić information content (AvgIpc) is 3.46. The van der Waals surface area contributed by atoms with Crippen molar-refractivity contribution in [2.45, 2.75) is 24.9 Å². The second-order valence-electron chi connectivity index (χ2n) is 8.18. The number of nitrogens with zero attached hydrogens (tertiary/aromatic N) is 7. The van der Waals surface area contributed by atoms with Crippen LogP contribution in [0.4, 0.5) is 19.1 Å². The van der Waals surface area contributed by atoms with Crippen molar-refractivity contribution in [3.63, 3.8) is 0 Å². The Bertz CT molecular complexity index is 1300. The third kappa shape index (κ3) is 3.84. The number of aromatic nitrogens is 6. The van der Waals surface area contributed by atoms with Gasteiger partial charge in [0.1, 0.15) is 17.1 Å². The molecule has 9 nitrogen and oxygen atoms in total. The van der Waals surface area contributed by atoms with Crippen LogP contribution in [0.25, 0.3) is 27.7 Å². The maximum atomic E-state index is 14.2. The van der Waals surface area contributed by atoms with E-state index in [1.165, 1.54) is 7.11 Å². The zero-order valence-corrected chi connectivity index (χ0v) is 18.2. The SMILES string of the molecule is COc1nc(NC2CN(C)CC2(F)F)nn2ccc(-c3ccc4nnn(CCCF)c4c3)c12. The predicted molar refractivity (Wildman–Crippen MR) is 117 cm³/mol. The molecule has 0 bridgehead atoms. The molecular weight excluding hydrogens is 437 g/mol. The number of ether oxygens (including phenoxy) is 1. The normalized spacial score (nSPS) is 18.4. The number of alkyl halides is 3. The first kappa shape index (κ1) is 21.4. The highest BCUT2D eigenvalue weighted by Gasteiger charge is 2.47. The molecule has 1 aliphatic rings. The molecule has 1 aliphatic heterocycles. The van der Waals surface area contributed by atoms with Crippen LogP contribution in [0.5, 0.6) is 5.88 Å². The number of hydrogen-bond acceptors (Lipinski definition) is 7. The van der Waals surface area contributed by atoms with Crippen LogP contribution >= 0.6 is 0 Å². The lowest BCUT2D eigenvalue weighted by Crippen LogP contribution is -2.38. The fourth-order valence-corrected chi connectivity index (χ4v) is 4.22. The molecule has 0 aliphatic carbocycles. The van der Waals surface area contributed by atoms with Crippen molar-refractivity contribution in [1.82, 2.24) is 34.5 Å². The quantitative estimate of drug-likeness (QED) is 0.454. The molecule has 1 atom stereocenters. The summed E-state index contributed by atoms with van der Waals surface area (Å²) in [6, 6.07) is 6.41. The highest BCUT2D eigenvalue weighted by Crippen LogP contribution is 2.34. The lowest BCUT2D eigenvalue weighted by molar-refractivity contribution is 0.00583. The standard InChI is InChI=1S/C21H23F3N8O/c1-30-11-17(21(23,24)12-30)25-20-26-19(33-2)18-14(6-9-32(18)28-20)13-4-5-15-16(10-13)31(29-27-15)8-3-7-22/h4-6,9-10,17H,3,7-8,11-12H2,1-2H3,(H,25,28). The molecule has 1 unspecified atom stereocenters. The molecule has 0 saturated carbocycles. The van der Waals surface area contributed by atoms with E-state index in [2.05, 4.69) is 25.7 Å². The molecule has 3 aromatic heterocycles. The lowest BCUT2D eigenvalue weighted by atomic mass is 10.1. The number of rotatable bonds is 7. The highest BCUT2D eigenvalue weighted by molar-refractivity contribution is 5.89. The molecule has 4 aromatic rings. The van der Waals surface area contributed by atoms with Gasteiger partial charge in [0.2, 0.25) is 11.8 Å². The number of fused-ring (bicyclic) bond motifs is 2. The van der Waals surface area contributed by atoms with Crippen molar-refractivity contribution in [3.8, 4) is 17.0 Å². The van der Waals surface area contributed by atoms with Crippen LogP contribution in [0, 0.1) is 0 Å². The van der Waals surface area contributed by atoms with Gasteiger partial charge in [0.25, 0.3) is 5.92 Å². The van der Waals surface area contributed by atoms with E-state index in [-0.39, 0.29) is 24.9 Å². The van der Waals surface area contributed by atoms with Crippen molar-refractivity contribution in [1.29, 1.82) is 0 Å². The van der Waals surface area contributed by atoms with E-state index in [0.717, 1.165) is 16.6 Å². The molecule has 4 heterocycles. The van der Waals surface area contributed by atoms with E-state index in [4.69, 9.17) is 4.74 Å². The summed E-state index contributed by atoms with van der Waals surface area (Å²) in [6.07, 6.45) is 2.08. The first-order valence-corrected chi connectivity index (χ1v) is 10.6. The number of halogens is 3. The van der Waals surface area contributed by atoms with Gasteiger partial charge in [-0.2, -0.15) is 4.98 Å². The Morgan fingerprint density at radius 2 is 2.12 bits per heavy atom. The number of benzene rings is 1. The molecule has 1 aromatic carbocycles. The molecule has 0 spiro atoms. The minimum absolute atomic E-state index is 0.0606. The maximum absolute atomic E-state index is 14.2. The molecule has 12 heteroatoms. The summed E-state index contributed by atoms with van der Waals surface area (Å²) >= 11 is 0. The summed E-state index contributed by atoms with van der Waals surface area (Å²) in [5, 5.41) is 15.4. The molecule has 174 valence electrons. The Labute approximate surface area is 187 Å². The summed E-state index contributed by atoms with van der Waals surface area (Å²) in [7, 11) is 3.12. The van der Waals surface area contributed by atoms with Gasteiger partial charge in [0.05, 0.1) is 25.8 Å². The summed E-state index contributed by atoms with van der Waals surface area (Å²) in [4.78, 5) is 5.91. The first-order chi connectivity index (χ1) is 15.9. The molecule has 1 N–H and O–H groups in total. The molecule has 0 amide bonds. The number of anilines is 1. The summed E-state index contributed by atoms with van der Waals surface area (Å²) in [5.74, 6) is -2.58. The van der Waals surface area contributed by atoms with Crippen molar-refractivity contribution < 1.29 is 17.9 Å². The topological polar surface area (TPSA) is 85.4 Å². The molecule has 33 heavy (non-hydrogen) atoms. The Morgan fingerprint density at radius 3 is 2.85 bits per heavy atom. The van der Waals surface area contributed by atoms with E-state index in [0.29, 0.717) is 24.0 Å². The summed E-state index contributed by atoms with van der Waals surface area (Å²) in [5.41, 5.74) is 3.73. The fourth-order valence-electron chi connectivity index (χ4n) is 4.22. The second-order valence-corrected chi connectivity index (χ2v) is 8.18. The van der Waals surface area contributed by atoms with E-state index < -0.39 is 18.6 Å². The third-order valence-corrected chi connectivity index (χ3v) is 5.79. The van der Waals surface area contributed by atoms with Gasteiger partial charge >= 0.3 is 0 Å². The maximum Gasteiger partial charge on any atom is 0.281 e. The predicted octanol–water partition coefficient (Wildman–Crippen LogP) is 2.87. The van der Waals surface area contributed by atoms with Gasteiger partial charge < -0.3 is 10.1 Å². The van der Waals surface area contributed by atoms with E-state index in [1.54, 1.807) is 27.3 Å². The van der Waals surface area contributed by atoms with Gasteiger partial charge in [-0.25, -0.2) is 18.0 Å². The Kier molecular flexibility index (Phi) is 5.31. The summed E-state index contributed by atoms with van der Waals surface area (Å²) in [6.45, 7) is -0.149. The molecule has 1 saturated heterocycles. The van der Waals surface area contributed by atoms with Crippen LogP contribution in [0.2, 0.25) is 0 Å². The minimum atomic E-state index is -2.89. The molecule has 0 radical (unpaired) electrons. The van der Waals surface area contributed by atoms with Crippen molar-refractivity contribution in [3.05, 3.63) is 30.5 Å². The molecule has 5 rings (SSSR count). The van der Waals surface area contributed by atoms with Gasteiger partial charge in [0, 0.05) is 24.8 Å². The number of aryl methyl sites for hydroxylation is 1. The Balaban J connectivity index is 1.53. The zero-order chi connectivity index (χ0) is 23.2. The van der Waals surface area contributed by atoms with E-state index in [1.807, 2.05) is 24.3 Å². The second kappa shape index (κ2) is 8.18. The van der Waals surface area contributed by atoms with E-state index in [9.17, 15) is 13.2 Å².